The fourth-order valence-corrected chi connectivity index (χ4v) is 1.98. The Kier molecular flexibility index (Phi) is 3.66. The van der Waals surface area contributed by atoms with Gasteiger partial charge in [0.25, 0.3) is 0 Å². The van der Waals surface area contributed by atoms with Crippen molar-refractivity contribution in [2.75, 3.05) is 0 Å². The highest BCUT2D eigenvalue weighted by Gasteiger charge is 2.43. The molecule has 1 aliphatic rings. The molecule has 0 saturated carbocycles. The van der Waals surface area contributed by atoms with Gasteiger partial charge in [0.1, 0.15) is 0 Å². The number of allylic oxidation sites excluding steroid dienone is 5. The molecule has 0 bridgehead atoms. The second-order valence-electron chi connectivity index (χ2n) is 4.71. The number of rotatable bonds is 3. The van der Waals surface area contributed by atoms with Crippen LogP contribution in [0.15, 0.2) is 42.5 Å². The lowest BCUT2D eigenvalue weighted by Gasteiger charge is -2.08. The van der Waals surface area contributed by atoms with Crippen molar-refractivity contribution in [1.29, 1.82) is 0 Å². The molecule has 0 aliphatic carbocycles. The predicted molar refractivity (Wildman–Crippen MR) is 75.0 cm³/mol. The van der Waals surface area contributed by atoms with Gasteiger partial charge < -0.3 is 9.47 Å². The van der Waals surface area contributed by atoms with E-state index in [0.717, 1.165) is 22.3 Å². The molecule has 0 aromatic heterocycles. The Hall–Kier alpha value is -2.10. The zero-order valence-corrected chi connectivity index (χ0v) is 11.7. The van der Waals surface area contributed by atoms with Gasteiger partial charge in [-0.2, -0.15) is 0 Å². The van der Waals surface area contributed by atoms with Gasteiger partial charge in [-0.3, -0.25) is 0 Å². The van der Waals surface area contributed by atoms with E-state index >= 15 is 0 Å². The summed E-state index contributed by atoms with van der Waals surface area (Å²) in [6.07, 6.45) is 2.08. The van der Waals surface area contributed by atoms with Gasteiger partial charge in [-0.05, 0) is 49.6 Å². The monoisotopic (exact) mass is 278 g/mol. The second-order valence-corrected chi connectivity index (χ2v) is 4.71. The number of aryl methyl sites for hydroxylation is 1. The van der Waals surface area contributed by atoms with E-state index in [1.54, 1.807) is 12.1 Å². The Morgan fingerprint density at radius 2 is 1.80 bits per heavy atom. The van der Waals surface area contributed by atoms with Crippen LogP contribution >= 0.6 is 0 Å². The van der Waals surface area contributed by atoms with Crippen LogP contribution in [0.3, 0.4) is 0 Å². The molecule has 1 aromatic rings. The molecule has 0 fully saturated rings. The lowest BCUT2D eigenvalue weighted by atomic mass is 9.98. The molecule has 0 amide bonds. The van der Waals surface area contributed by atoms with E-state index < -0.39 is 6.29 Å². The van der Waals surface area contributed by atoms with E-state index in [1.165, 1.54) is 0 Å². The summed E-state index contributed by atoms with van der Waals surface area (Å²) in [5.74, 6) is 0.120. The molecule has 0 N–H and O–H groups in total. The molecule has 0 saturated heterocycles. The van der Waals surface area contributed by atoms with E-state index in [-0.39, 0.29) is 11.5 Å². The fraction of sp³-hybridized carbons (Fsp3) is 0.250. The van der Waals surface area contributed by atoms with Gasteiger partial charge in [-0.15, -0.1) is 8.78 Å². The maximum Gasteiger partial charge on any atom is 0.586 e. The van der Waals surface area contributed by atoms with Gasteiger partial charge in [0.15, 0.2) is 11.5 Å². The third-order valence-corrected chi connectivity index (χ3v) is 2.92. The molecule has 4 heteroatoms. The first-order chi connectivity index (χ1) is 9.32. The Morgan fingerprint density at radius 3 is 2.35 bits per heavy atom. The zero-order valence-electron chi connectivity index (χ0n) is 11.7. The maximum absolute atomic E-state index is 13.1. The van der Waals surface area contributed by atoms with Gasteiger partial charge in [0.05, 0.1) is 0 Å². The molecule has 106 valence electrons. The maximum atomic E-state index is 13.1. The van der Waals surface area contributed by atoms with Crippen molar-refractivity contribution >= 4 is 5.57 Å². The average Bonchev–Trinajstić information content (AvgIpc) is 2.62. The van der Waals surface area contributed by atoms with Gasteiger partial charge in [0, 0.05) is 0 Å². The van der Waals surface area contributed by atoms with Crippen LogP contribution in [0, 0.1) is 6.92 Å². The van der Waals surface area contributed by atoms with Crippen molar-refractivity contribution in [2.45, 2.75) is 27.1 Å². The van der Waals surface area contributed by atoms with E-state index in [1.807, 2.05) is 39.0 Å². The number of fused-ring (bicyclic) bond motifs is 1. The summed E-state index contributed by atoms with van der Waals surface area (Å²) in [5, 5.41) is 0. The average molecular weight is 278 g/mol. The summed E-state index contributed by atoms with van der Waals surface area (Å²) in [5.41, 5.74) is 3.48. The van der Waals surface area contributed by atoms with Gasteiger partial charge in [-0.1, -0.05) is 30.4 Å². The normalized spacial score (nSPS) is 16.8. The minimum atomic E-state index is -3.59. The molecule has 2 rings (SSSR count). The molecule has 0 unspecified atom stereocenters. The highest BCUT2D eigenvalue weighted by atomic mass is 19.3. The molecule has 0 spiro atoms. The smallest absolute Gasteiger partial charge is 0.395 e. The zero-order chi connectivity index (χ0) is 14.9. The number of ether oxygens (including phenoxy) is 2. The predicted octanol–water partition coefficient (Wildman–Crippen LogP) is 4.85. The van der Waals surface area contributed by atoms with Crippen LogP contribution in [-0.2, 0) is 0 Å². The molecular formula is C16H16F2O2. The van der Waals surface area contributed by atoms with E-state index in [4.69, 9.17) is 0 Å². The minimum Gasteiger partial charge on any atom is -0.395 e. The molecular weight excluding hydrogens is 262 g/mol. The Morgan fingerprint density at radius 1 is 1.20 bits per heavy atom. The van der Waals surface area contributed by atoms with Crippen LogP contribution in [0.1, 0.15) is 25.0 Å². The first kappa shape index (κ1) is 14.3. The molecule has 0 radical (unpaired) electrons. The summed E-state index contributed by atoms with van der Waals surface area (Å²) in [6, 6.07) is 3.13. The van der Waals surface area contributed by atoms with Crippen molar-refractivity contribution in [2.24, 2.45) is 0 Å². The Balaban J connectivity index is 2.42. The fourth-order valence-electron chi connectivity index (χ4n) is 1.98. The van der Waals surface area contributed by atoms with E-state index in [0.29, 0.717) is 0 Å². The largest absolute Gasteiger partial charge is 0.586 e. The Labute approximate surface area is 117 Å². The molecule has 1 heterocycles. The number of alkyl halides is 2. The second kappa shape index (κ2) is 5.12. The summed E-state index contributed by atoms with van der Waals surface area (Å²) in [7, 11) is 0. The van der Waals surface area contributed by atoms with Crippen molar-refractivity contribution in [3.05, 3.63) is 53.6 Å². The van der Waals surface area contributed by atoms with Crippen LogP contribution in [0.5, 0.6) is 11.5 Å². The van der Waals surface area contributed by atoms with Crippen molar-refractivity contribution in [1.82, 2.24) is 0 Å². The molecule has 2 nitrogen and oxygen atoms in total. The quantitative estimate of drug-likeness (QED) is 0.736. The third kappa shape index (κ3) is 2.90. The van der Waals surface area contributed by atoms with Crippen LogP contribution in [0.25, 0.3) is 5.57 Å². The van der Waals surface area contributed by atoms with Crippen molar-refractivity contribution < 1.29 is 18.3 Å². The molecule has 1 aliphatic heterocycles. The lowest BCUT2D eigenvalue weighted by molar-refractivity contribution is -0.286. The van der Waals surface area contributed by atoms with Crippen LogP contribution in [0.2, 0.25) is 0 Å². The SMILES string of the molecule is C=C(C)/C=C\C(=C/C)c1cc2c(cc1C)OC(F)(F)O2. The minimum absolute atomic E-state index is 0.0543. The van der Waals surface area contributed by atoms with Crippen LogP contribution in [0.4, 0.5) is 8.78 Å². The first-order valence-electron chi connectivity index (χ1n) is 6.23. The van der Waals surface area contributed by atoms with Gasteiger partial charge in [-0.25, -0.2) is 0 Å². The highest BCUT2D eigenvalue weighted by molar-refractivity contribution is 5.78. The number of hydrogen-bond acceptors (Lipinski definition) is 2. The van der Waals surface area contributed by atoms with Crippen molar-refractivity contribution in [3.8, 4) is 11.5 Å². The van der Waals surface area contributed by atoms with Gasteiger partial charge >= 0.3 is 6.29 Å². The molecule has 1 aromatic carbocycles. The Bertz CT molecular complexity index is 613. The van der Waals surface area contributed by atoms with Crippen molar-refractivity contribution in [3.63, 3.8) is 0 Å². The highest BCUT2D eigenvalue weighted by Crippen LogP contribution is 2.43. The third-order valence-electron chi connectivity index (χ3n) is 2.92. The van der Waals surface area contributed by atoms with Crippen LogP contribution in [-0.4, -0.2) is 6.29 Å². The number of halogens is 2. The van der Waals surface area contributed by atoms with Gasteiger partial charge in [0.2, 0.25) is 0 Å². The standard InChI is InChI=1S/C16H16F2O2/c1-5-12(7-6-10(2)3)13-9-15-14(8-11(13)4)19-16(17,18)20-15/h5-9H,2H2,1,3-4H3/b7-6-,12-5+. The summed E-state index contributed by atoms with van der Waals surface area (Å²) in [4.78, 5) is 0. The van der Waals surface area contributed by atoms with Crippen LogP contribution < -0.4 is 9.47 Å². The summed E-state index contributed by atoms with van der Waals surface area (Å²) >= 11 is 0. The lowest BCUT2D eigenvalue weighted by Crippen LogP contribution is -2.25. The molecule has 0 atom stereocenters. The molecule has 20 heavy (non-hydrogen) atoms. The summed E-state index contributed by atoms with van der Waals surface area (Å²) < 4.78 is 35.0. The topological polar surface area (TPSA) is 18.5 Å². The van der Waals surface area contributed by atoms with E-state index in [9.17, 15) is 8.78 Å². The number of hydrogen-bond donors (Lipinski definition) is 0. The summed E-state index contributed by atoms with van der Waals surface area (Å²) in [6.45, 7) is 9.41. The first-order valence-corrected chi connectivity index (χ1v) is 6.23. The number of benzene rings is 1. The van der Waals surface area contributed by atoms with E-state index in [2.05, 4.69) is 16.1 Å².